The van der Waals surface area contributed by atoms with Crippen LogP contribution in [0, 0.1) is 12.8 Å². The maximum absolute atomic E-state index is 13.4. The van der Waals surface area contributed by atoms with E-state index in [1.165, 1.54) is 12.1 Å². The van der Waals surface area contributed by atoms with Gasteiger partial charge in [0.15, 0.2) is 0 Å². The largest absolute Gasteiger partial charge is 0.465 e. The summed E-state index contributed by atoms with van der Waals surface area (Å²) in [6.45, 7) is 5.45. The first-order valence-corrected chi connectivity index (χ1v) is 11.1. The second-order valence-corrected chi connectivity index (χ2v) is 8.91. The topological polar surface area (TPSA) is 80.8 Å². The summed E-state index contributed by atoms with van der Waals surface area (Å²) >= 11 is 0. The molecular weight excluding hydrogens is 390 g/mol. The van der Waals surface area contributed by atoms with Crippen molar-refractivity contribution < 1.29 is 22.7 Å². The molecule has 1 heterocycles. The number of hydrogen-bond acceptors (Lipinski definition) is 5. The van der Waals surface area contributed by atoms with Crippen LogP contribution in [0.1, 0.15) is 37.3 Å². The van der Waals surface area contributed by atoms with Crippen LogP contribution in [0.3, 0.4) is 0 Å². The minimum atomic E-state index is -4.11. The van der Waals surface area contributed by atoms with E-state index in [2.05, 4.69) is 0 Å². The molecule has 0 aromatic heterocycles. The molecular formula is C22H25NO5S. The number of rotatable bonds is 6. The Labute approximate surface area is 171 Å². The van der Waals surface area contributed by atoms with Gasteiger partial charge >= 0.3 is 5.97 Å². The molecule has 29 heavy (non-hydrogen) atoms. The van der Waals surface area contributed by atoms with Gasteiger partial charge in [-0.2, -0.15) is 0 Å². The number of esters is 1. The quantitative estimate of drug-likeness (QED) is 0.534. The van der Waals surface area contributed by atoms with Gasteiger partial charge in [-0.25, -0.2) is 12.7 Å². The number of hydrogen-bond donors (Lipinski definition) is 0. The van der Waals surface area contributed by atoms with Crippen molar-refractivity contribution >= 4 is 21.9 Å². The molecule has 0 bridgehead atoms. The van der Waals surface area contributed by atoms with E-state index >= 15 is 0 Å². The van der Waals surface area contributed by atoms with E-state index in [1.54, 1.807) is 19.1 Å². The lowest BCUT2D eigenvalue weighted by molar-refractivity contribution is -0.152. The van der Waals surface area contributed by atoms with Gasteiger partial charge in [-0.3, -0.25) is 9.59 Å². The molecule has 0 aliphatic carbocycles. The molecule has 7 heteroatoms. The van der Waals surface area contributed by atoms with Gasteiger partial charge in [0, 0.05) is 5.92 Å². The number of aryl methyl sites for hydroxylation is 1. The average Bonchev–Trinajstić information content (AvgIpc) is 3.02. The van der Waals surface area contributed by atoms with Crippen LogP contribution in [0.15, 0.2) is 59.5 Å². The lowest BCUT2D eigenvalue weighted by atomic mass is 9.83. The monoisotopic (exact) mass is 415 g/mol. The minimum absolute atomic E-state index is 0.0335. The third-order valence-corrected chi connectivity index (χ3v) is 7.12. The van der Waals surface area contributed by atoms with Crippen molar-refractivity contribution in [3.8, 4) is 0 Å². The number of benzene rings is 2. The van der Waals surface area contributed by atoms with E-state index in [0.29, 0.717) is 6.42 Å². The summed E-state index contributed by atoms with van der Waals surface area (Å²) < 4.78 is 32.8. The Morgan fingerprint density at radius 1 is 1.03 bits per heavy atom. The summed E-state index contributed by atoms with van der Waals surface area (Å²) in [5.74, 6) is -3.22. The third kappa shape index (κ3) is 3.79. The van der Waals surface area contributed by atoms with Gasteiger partial charge < -0.3 is 4.74 Å². The first kappa shape index (κ1) is 21.0. The summed E-state index contributed by atoms with van der Waals surface area (Å²) in [7, 11) is -4.11. The molecule has 1 fully saturated rings. The molecule has 0 spiro atoms. The minimum Gasteiger partial charge on any atom is -0.465 e. The number of amides is 1. The molecule has 0 radical (unpaired) electrons. The normalized spacial score (nSPS) is 22.0. The maximum atomic E-state index is 13.4. The highest BCUT2D eigenvalue weighted by atomic mass is 32.2. The molecule has 1 amide bonds. The van der Waals surface area contributed by atoms with Crippen molar-refractivity contribution in [1.82, 2.24) is 4.31 Å². The first-order chi connectivity index (χ1) is 13.8. The molecule has 0 unspecified atom stereocenters. The highest BCUT2D eigenvalue weighted by molar-refractivity contribution is 7.89. The smallest absolute Gasteiger partial charge is 0.319 e. The molecule has 0 saturated carbocycles. The average molecular weight is 416 g/mol. The molecule has 3 rings (SSSR count). The molecule has 1 saturated heterocycles. The fraction of sp³-hybridized carbons (Fsp3) is 0.364. The van der Waals surface area contributed by atoms with Gasteiger partial charge in [0.2, 0.25) is 0 Å². The number of ether oxygens (including phenoxy) is 1. The zero-order valence-corrected chi connectivity index (χ0v) is 17.6. The number of sulfonamides is 1. The number of nitrogens with zero attached hydrogens (tertiary/aromatic N) is 1. The summed E-state index contributed by atoms with van der Waals surface area (Å²) in [5.41, 5.74) is 1.66. The lowest BCUT2D eigenvalue weighted by Gasteiger charge is -2.27. The predicted molar refractivity (Wildman–Crippen MR) is 109 cm³/mol. The molecule has 3 atom stereocenters. The van der Waals surface area contributed by atoms with Crippen LogP contribution in [0.25, 0.3) is 0 Å². The van der Waals surface area contributed by atoms with E-state index < -0.39 is 39.8 Å². The summed E-state index contributed by atoms with van der Waals surface area (Å²) in [6.07, 6.45) is 0.381. The van der Waals surface area contributed by atoms with E-state index in [4.69, 9.17) is 4.74 Å². The van der Waals surface area contributed by atoms with Gasteiger partial charge in [-0.15, -0.1) is 0 Å². The standard InChI is InChI=1S/C22H25NO5S/c1-4-18-19(16-9-7-6-8-10-16)20(22(25)28-5-2)21(24)23(18)29(26,27)17-13-11-15(3)12-14-17/h6-14,18-20H,4-5H2,1-3H3/t18-,19+,20-/m0/s1. The summed E-state index contributed by atoms with van der Waals surface area (Å²) in [5, 5.41) is 0. The number of carbonyl (C=O) groups excluding carboxylic acids is 2. The zero-order valence-electron chi connectivity index (χ0n) is 16.7. The fourth-order valence-corrected chi connectivity index (χ4v) is 5.63. The summed E-state index contributed by atoms with van der Waals surface area (Å²) in [6, 6.07) is 14.8. The number of carbonyl (C=O) groups is 2. The molecule has 6 nitrogen and oxygen atoms in total. The van der Waals surface area contributed by atoms with Crippen LogP contribution in [0.4, 0.5) is 0 Å². The lowest BCUT2D eigenvalue weighted by Crippen LogP contribution is -2.40. The van der Waals surface area contributed by atoms with Crippen LogP contribution in [-0.4, -0.2) is 37.2 Å². The van der Waals surface area contributed by atoms with Crippen molar-refractivity contribution in [1.29, 1.82) is 0 Å². The molecule has 1 aliphatic rings. The van der Waals surface area contributed by atoms with Crippen LogP contribution in [-0.2, 0) is 24.3 Å². The van der Waals surface area contributed by atoms with E-state index in [1.807, 2.05) is 44.2 Å². The third-order valence-electron chi connectivity index (χ3n) is 5.28. The molecule has 1 aliphatic heterocycles. The Kier molecular flexibility index (Phi) is 6.07. The highest BCUT2D eigenvalue weighted by Crippen LogP contribution is 2.43. The van der Waals surface area contributed by atoms with E-state index in [9.17, 15) is 18.0 Å². The Bertz CT molecular complexity index is 986. The Balaban J connectivity index is 2.13. The predicted octanol–water partition coefficient (Wildman–Crippen LogP) is 3.27. The van der Waals surface area contributed by atoms with Crippen molar-refractivity contribution in [2.45, 2.75) is 44.0 Å². The molecule has 2 aromatic rings. The second-order valence-electron chi connectivity index (χ2n) is 7.09. The van der Waals surface area contributed by atoms with Crippen LogP contribution >= 0.6 is 0 Å². The fourth-order valence-electron chi connectivity index (χ4n) is 3.93. The van der Waals surface area contributed by atoms with Gasteiger partial charge in [-0.05, 0) is 38.0 Å². The zero-order chi connectivity index (χ0) is 21.2. The van der Waals surface area contributed by atoms with Gasteiger partial charge in [-0.1, -0.05) is 55.0 Å². The highest BCUT2D eigenvalue weighted by Gasteiger charge is 2.56. The summed E-state index contributed by atoms with van der Waals surface area (Å²) in [4.78, 5) is 26.0. The van der Waals surface area contributed by atoms with Crippen LogP contribution in [0.2, 0.25) is 0 Å². The Morgan fingerprint density at radius 3 is 2.21 bits per heavy atom. The van der Waals surface area contributed by atoms with Crippen molar-refractivity contribution in [2.24, 2.45) is 5.92 Å². The SMILES string of the molecule is CCOC(=O)[C@@H]1C(=O)N(S(=O)(=O)c2ccc(C)cc2)[C@@H](CC)[C@H]1c1ccccc1. The molecule has 2 aromatic carbocycles. The van der Waals surface area contributed by atoms with Crippen molar-refractivity contribution in [2.75, 3.05) is 6.61 Å². The Hall–Kier alpha value is -2.67. The van der Waals surface area contributed by atoms with Crippen LogP contribution in [0.5, 0.6) is 0 Å². The Morgan fingerprint density at radius 2 is 1.66 bits per heavy atom. The molecule has 154 valence electrons. The van der Waals surface area contributed by atoms with Gasteiger partial charge in [0.25, 0.3) is 15.9 Å². The van der Waals surface area contributed by atoms with Gasteiger partial charge in [0.1, 0.15) is 5.92 Å². The molecule has 0 N–H and O–H groups in total. The van der Waals surface area contributed by atoms with Crippen molar-refractivity contribution in [3.05, 3.63) is 65.7 Å². The maximum Gasteiger partial charge on any atom is 0.319 e. The van der Waals surface area contributed by atoms with Gasteiger partial charge in [0.05, 0.1) is 17.5 Å². The van der Waals surface area contributed by atoms with E-state index in [-0.39, 0.29) is 11.5 Å². The van der Waals surface area contributed by atoms with Crippen molar-refractivity contribution in [3.63, 3.8) is 0 Å². The second kappa shape index (κ2) is 8.37. The first-order valence-electron chi connectivity index (χ1n) is 9.69. The van der Waals surface area contributed by atoms with Crippen LogP contribution < -0.4 is 0 Å². The van der Waals surface area contributed by atoms with E-state index in [0.717, 1.165) is 15.4 Å².